The molecule has 2 aliphatic heterocycles. The molecule has 1 amide bonds. The van der Waals surface area contributed by atoms with Crippen molar-refractivity contribution < 1.29 is 9.90 Å². The van der Waals surface area contributed by atoms with Crippen molar-refractivity contribution in [3.05, 3.63) is 29.8 Å². The molecule has 0 bridgehead atoms. The highest BCUT2D eigenvalue weighted by Gasteiger charge is 2.49. The van der Waals surface area contributed by atoms with Crippen molar-refractivity contribution in [1.82, 2.24) is 4.90 Å². The van der Waals surface area contributed by atoms with Crippen molar-refractivity contribution in [2.75, 3.05) is 13.1 Å². The Balaban J connectivity index is 2.03. The summed E-state index contributed by atoms with van der Waals surface area (Å²) in [5, 5.41) is 9.19. The number of fused-ring (bicyclic) bond motifs is 2. The molecule has 1 N–H and O–H groups in total. The Bertz CT molecular complexity index is 605. The van der Waals surface area contributed by atoms with Crippen molar-refractivity contribution in [3.8, 4) is 0 Å². The van der Waals surface area contributed by atoms with Crippen LogP contribution >= 0.6 is 0 Å². The van der Waals surface area contributed by atoms with Gasteiger partial charge < -0.3 is 10.0 Å². The number of likely N-dealkylation sites (tertiary alicyclic amines) is 1. The quantitative estimate of drug-likeness (QED) is 0.788. The maximum Gasteiger partial charge on any atom is 0.407 e. The standard InChI is InChI=1S/C17H22N2O2/c1-16(2,3)14-17(8-10-19(11-9-17)15(20)21)12-6-4-5-7-13(12)18-14/h4-7H,8-11H2,1-3H3,(H,20,21). The summed E-state index contributed by atoms with van der Waals surface area (Å²) in [4.78, 5) is 17.6. The van der Waals surface area contributed by atoms with Gasteiger partial charge in [-0.3, -0.25) is 4.99 Å². The molecule has 0 aliphatic carbocycles. The number of hydrogen-bond acceptors (Lipinski definition) is 2. The molecule has 112 valence electrons. The van der Waals surface area contributed by atoms with Crippen LogP contribution in [0.3, 0.4) is 0 Å². The molecule has 1 aromatic rings. The molecule has 0 saturated carbocycles. The molecule has 21 heavy (non-hydrogen) atoms. The van der Waals surface area contributed by atoms with Crippen molar-refractivity contribution in [1.29, 1.82) is 0 Å². The van der Waals surface area contributed by atoms with E-state index >= 15 is 0 Å². The topological polar surface area (TPSA) is 52.9 Å². The molecule has 0 aromatic heterocycles. The van der Waals surface area contributed by atoms with Crippen molar-refractivity contribution in [3.63, 3.8) is 0 Å². The van der Waals surface area contributed by atoms with E-state index in [1.54, 1.807) is 0 Å². The van der Waals surface area contributed by atoms with Crippen LogP contribution in [-0.2, 0) is 5.41 Å². The highest BCUT2D eigenvalue weighted by Crippen LogP contribution is 2.50. The molecule has 2 aliphatic rings. The van der Waals surface area contributed by atoms with Crippen LogP contribution in [0.5, 0.6) is 0 Å². The van der Waals surface area contributed by atoms with Crippen molar-refractivity contribution in [2.24, 2.45) is 10.4 Å². The molecule has 1 spiro atoms. The van der Waals surface area contributed by atoms with Crippen molar-refractivity contribution in [2.45, 2.75) is 39.0 Å². The molecular weight excluding hydrogens is 264 g/mol. The fourth-order valence-corrected chi connectivity index (χ4v) is 3.80. The zero-order chi connectivity index (χ0) is 15.3. The van der Waals surface area contributed by atoms with Gasteiger partial charge in [-0.25, -0.2) is 4.79 Å². The van der Waals surface area contributed by atoms with Gasteiger partial charge in [0.25, 0.3) is 0 Å². The zero-order valence-corrected chi connectivity index (χ0v) is 12.9. The Morgan fingerprint density at radius 1 is 1.24 bits per heavy atom. The fourth-order valence-electron chi connectivity index (χ4n) is 3.80. The largest absolute Gasteiger partial charge is 0.465 e. The molecule has 1 saturated heterocycles. The lowest BCUT2D eigenvalue weighted by Gasteiger charge is -2.43. The first-order valence-corrected chi connectivity index (χ1v) is 7.52. The summed E-state index contributed by atoms with van der Waals surface area (Å²) >= 11 is 0. The number of aliphatic imine (C=N–C) groups is 1. The average Bonchev–Trinajstić information content (AvgIpc) is 2.75. The Hall–Kier alpha value is -1.84. The third-order valence-corrected chi connectivity index (χ3v) is 4.70. The highest BCUT2D eigenvalue weighted by molar-refractivity contribution is 6.05. The van der Waals surface area contributed by atoms with E-state index in [9.17, 15) is 9.90 Å². The predicted molar refractivity (Wildman–Crippen MR) is 83.5 cm³/mol. The van der Waals surface area contributed by atoms with Gasteiger partial charge in [0.1, 0.15) is 0 Å². The number of nitrogens with zero attached hydrogens (tertiary/aromatic N) is 2. The van der Waals surface area contributed by atoms with E-state index < -0.39 is 6.09 Å². The summed E-state index contributed by atoms with van der Waals surface area (Å²) in [5.74, 6) is 0. The first kappa shape index (κ1) is 14.1. The fraction of sp³-hybridized carbons (Fsp3) is 0.529. The number of rotatable bonds is 0. The molecule has 0 unspecified atom stereocenters. The van der Waals surface area contributed by atoms with E-state index in [2.05, 4.69) is 39.0 Å². The van der Waals surface area contributed by atoms with Gasteiger partial charge in [0.05, 0.1) is 5.69 Å². The molecule has 0 atom stereocenters. The summed E-state index contributed by atoms with van der Waals surface area (Å²) in [5.41, 5.74) is 3.46. The van der Waals surface area contributed by atoms with Gasteiger partial charge in [0.15, 0.2) is 0 Å². The number of amides is 1. The first-order chi connectivity index (χ1) is 9.84. The number of carbonyl (C=O) groups is 1. The normalized spacial score (nSPS) is 20.3. The van der Waals surface area contributed by atoms with Crippen LogP contribution < -0.4 is 0 Å². The molecular formula is C17H22N2O2. The second-order valence-corrected chi connectivity index (χ2v) is 7.08. The van der Waals surface area contributed by atoms with Crippen LogP contribution in [0, 0.1) is 5.41 Å². The minimum absolute atomic E-state index is 0.00951. The number of benzene rings is 1. The maximum atomic E-state index is 11.2. The summed E-state index contributed by atoms with van der Waals surface area (Å²) in [6.07, 6.45) is 0.837. The molecule has 1 fully saturated rings. The molecule has 4 heteroatoms. The summed E-state index contributed by atoms with van der Waals surface area (Å²) in [7, 11) is 0. The van der Waals surface area contributed by atoms with Gasteiger partial charge in [-0.15, -0.1) is 0 Å². The van der Waals surface area contributed by atoms with Gasteiger partial charge >= 0.3 is 6.09 Å². The van der Waals surface area contributed by atoms with E-state index in [0.29, 0.717) is 13.1 Å². The van der Waals surface area contributed by atoms with Crippen LogP contribution in [0.1, 0.15) is 39.2 Å². The van der Waals surface area contributed by atoms with Crippen LogP contribution in [0.2, 0.25) is 0 Å². The lowest BCUT2D eigenvalue weighted by molar-refractivity contribution is 0.126. The highest BCUT2D eigenvalue weighted by atomic mass is 16.4. The average molecular weight is 286 g/mol. The third-order valence-electron chi connectivity index (χ3n) is 4.70. The van der Waals surface area contributed by atoms with E-state index in [-0.39, 0.29) is 10.8 Å². The van der Waals surface area contributed by atoms with Crippen molar-refractivity contribution >= 4 is 17.5 Å². The van der Waals surface area contributed by atoms with Gasteiger partial charge in [0.2, 0.25) is 0 Å². The van der Waals surface area contributed by atoms with Gasteiger partial charge in [0, 0.05) is 29.6 Å². The van der Waals surface area contributed by atoms with E-state index in [1.165, 1.54) is 16.2 Å². The van der Waals surface area contributed by atoms with Gasteiger partial charge in [-0.05, 0) is 24.5 Å². The van der Waals surface area contributed by atoms with Crippen LogP contribution in [0.4, 0.5) is 10.5 Å². The van der Waals surface area contributed by atoms with E-state index in [4.69, 9.17) is 4.99 Å². The minimum atomic E-state index is -0.814. The number of carboxylic acid groups (broad SMARTS) is 1. The zero-order valence-electron chi connectivity index (χ0n) is 12.9. The number of piperidine rings is 1. The smallest absolute Gasteiger partial charge is 0.407 e. The van der Waals surface area contributed by atoms with E-state index in [1.807, 2.05) is 6.07 Å². The summed E-state index contributed by atoms with van der Waals surface area (Å²) in [6, 6.07) is 8.31. The molecule has 2 heterocycles. The first-order valence-electron chi connectivity index (χ1n) is 7.52. The van der Waals surface area contributed by atoms with Gasteiger partial charge in [-0.2, -0.15) is 0 Å². The van der Waals surface area contributed by atoms with E-state index in [0.717, 1.165) is 18.5 Å². The summed E-state index contributed by atoms with van der Waals surface area (Å²) < 4.78 is 0. The maximum absolute atomic E-state index is 11.2. The number of para-hydroxylation sites is 1. The second kappa shape index (κ2) is 4.58. The Labute approximate surface area is 125 Å². The van der Waals surface area contributed by atoms with Gasteiger partial charge in [-0.1, -0.05) is 39.0 Å². The molecule has 0 radical (unpaired) electrons. The lowest BCUT2D eigenvalue weighted by atomic mass is 9.64. The monoisotopic (exact) mass is 286 g/mol. The predicted octanol–water partition coefficient (Wildman–Crippen LogP) is 3.83. The number of hydrogen-bond donors (Lipinski definition) is 1. The van der Waals surface area contributed by atoms with Crippen LogP contribution in [0.15, 0.2) is 29.3 Å². The Morgan fingerprint density at radius 2 is 1.86 bits per heavy atom. The third kappa shape index (κ3) is 2.13. The Kier molecular flexibility index (Phi) is 3.08. The summed E-state index contributed by atoms with van der Waals surface area (Å²) in [6.45, 7) is 7.76. The minimum Gasteiger partial charge on any atom is -0.465 e. The second-order valence-electron chi connectivity index (χ2n) is 7.08. The molecule has 4 nitrogen and oxygen atoms in total. The van der Waals surface area contributed by atoms with Crippen LogP contribution in [-0.4, -0.2) is 34.9 Å². The Morgan fingerprint density at radius 3 is 2.43 bits per heavy atom. The SMILES string of the molecule is CC(C)(C)C1=Nc2ccccc2C12CCN(C(=O)O)CC2. The molecule has 1 aromatic carbocycles. The van der Waals surface area contributed by atoms with Crippen LogP contribution in [0.25, 0.3) is 0 Å². The lowest BCUT2D eigenvalue weighted by Crippen LogP contribution is -2.50. The molecule has 3 rings (SSSR count).